The molecule has 5 heteroatoms. The first-order valence-corrected chi connectivity index (χ1v) is 9.59. The summed E-state index contributed by atoms with van der Waals surface area (Å²) >= 11 is 0. The van der Waals surface area contributed by atoms with Crippen molar-refractivity contribution in [3.8, 4) is 11.5 Å². The summed E-state index contributed by atoms with van der Waals surface area (Å²) in [5.74, 6) is 1.48. The summed E-state index contributed by atoms with van der Waals surface area (Å²) in [5, 5.41) is 3.48. The average molecular weight is 365 g/mol. The van der Waals surface area contributed by atoms with Gasteiger partial charge in [-0.05, 0) is 42.0 Å². The fourth-order valence-corrected chi connectivity index (χ4v) is 4.48. The monoisotopic (exact) mass is 365 g/mol. The first kappa shape index (κ1) is 16.7. The van der Waals surface area contributed by atoms with Crippen LogP contribution in [0.2, 0.25) is 0 Å². The smallest absolute Gasteiger partial charge is 0.201 e. The fraction of sp³-hybridized carbons (Fsp3) is 0.143. The Morgan fingerprint density at radius 2 is 1.65 bits per heavy atom. The Labute approximate surface area is 155 Å². The van der Waals surface area contributed by atoms with Gasteiger partial charge in [0.1, 0.15) is 28.3 Å². The van der Waals surface area contributed by atoms with Gasteiger partial charge in [-0.1, -0.05) is 42.5 Å². The van der Waals surface area contributed by atoms with E-state index in [2.05, 4.69) is 5.32 Å². The third-order valence-corrected chi connectivity index (χ3v) is 5.92. The molecule has 0 fully saturated rings. The Balaban J connectivity index is 1.67. The van der Waals surface area contributed by atoms with Crippen molar-refractivity contribution < 1.29 is 13.7 Å². The zero-order valence-corrected chi connectivity index (χ0v) is 15.1. The van der Waals surface area contributed by atoms with E-state index in [1.54, 1.807) is 7.11 Å². The summed E-state index contributed by atoms with van der Waals surface area (Å²) in [4.78, 5) is 0.745. The van der Waals surface area contributed by atoms with Gasteiger partial charge in [0.05, 0.1) is 12.0 Å². The molecule has 0 saturated heterocycles. The van der Waals surface area contributed by atoms with Crippen molar-refractivity contribution in [2.24, 2.45) is 0 Å². The van der Waals surface area contributed by atoms with Gasteiger partial charge in [0.2, 0.25) is 5.44 Å². The van der Waals surface area contributed by atoms with Crippen LogP contribution in [0.1, 0.15) is 11.6 Å². The normalized spacial score (nSPS) is 19.3. The number of hydrogen-bond donors (Lipinski definition) is 1. The Hall–Kier alpha value is -2.79. The molecule has 0 saturated carbocycles. The molecular formula is C21H19NO3S. The second kappa shape index (κ2) is 7.22. The van der Waals surface area contributed by atoms with Crippen LogP contribution in [-0.4, -0.2) is 16.8 Å². The predicted molar refractivity (Wildman–Crippen MR) is 103 cm³/mol. The van der Waals surface area contributed by atoms with Crippen LogP contribution in [0, 0.1) is 0 Å². The lowest BCUT2D eigenvalue weighted by atomic mass is 10.1. The zero-order chi connectivity index (χ0) is 17.9. The Morgan fingerprint density at radius 1 is 0.962 bits per heavy atom. The SMILES string of the molecule is COc1ccc(N[C@@H](c2ccccc2)[C@H]2Oc3ccccc3[S@@]2=O)cc1. The summed E-state index contributed by atoms with van der Waals surface area (Å²) < 4.78 is 24.3. The van der Waals surface area contributed by atoms with Crippen molar-refractivity contribution in [3.05, 3.63) is 84.4 Å². The highest BCUT2D eigenvalue weighted by Gasteiger charge is 2.38. The molecule has 0 spiro atoms. The minimum absolute atomic E-state index is 0.252. The van der Waals surface area contributed by atoms with E-state index in [0.29, 0.717) is 5.75 Å². The van der Waals surface area contributed by atoms with Gasteiger partial charge >= 0.3 is 0 Å². The van der Waals surface area contributed by atoms with Crippen LogP contribution in [0.3, 0.4) is 0 Å². The van der Waals surface area contributed by atoms with Crippen LogP contribution >= 0.6 is 0 Å². The quantitative estimate of drug-likeness (QED) is 0.729. The van der Waals surface area contributed by atoms with Crippen molar-refractivity contribution in [1.82, 2.24) is 0 Å². The molecule has 3 aromatic carbocycles. The lowest BCUT2D eigenvalue weighted by Gasteiger charge is -2.25. The molecule has 1 N–H and O–H groups in total. The maximum Gasteiger partial charge on any atom is 0.201 e. The Morgan fingerprint density at radius 3 is 2.35 bits per heavy atom. The van der Waals surface area contributed by atoms with Crippen molar-refractivity contribution in [3.63, 3.8) is 0 Å². The molecule has 3 aromatic rings. The number of ether oxygens (including phenoxy) is 2. The topological polar surface area (TPSA) is 47.6 Å². The van der Waals surface area contributed by atoms with E-state index in [4.69, 9.17) is 9.47 Å². The highest BCUT2D eigenvalue weighted by molar-refractivity contribution is 7.86. The van der Waals surface area contributed by atoms with Gasteiger partial charge in [0.15, 0.2) is 0 Å². The molecule has 132 valence electrons. The molecule has 1 aliphatic heterocycles. The van der Waals surface area contributed by atoms with Gasteiger partial charge in [0.25, 0.3) is 0 Å². The third kappa shape index (κ3) is 3.18. The molecule has 0 unspecified atom stereocenters. The molecule has 0 aromatic heterocycles. The summed E-state index contributed by atoms with van der Waals surface area (Å²) in [6.07, 6.45) is 0. The summed E-state index contributed by atoms with van der Waals surface area (Å²) in [5.41, 5.74) is 1.43. The number of hydrogen-bond acceptors (Lipinski definition) is 4. The lowest BCUT2D eigenvalue weighted by molar-refractivity contribution is 0.267. The number of para-hydroxylation sites is 1. The molecule has 0 aliphatic carbocycles. The van der Waals surface area contributed by atoms with Crippen LogP contribution < -0.4 is 14.8 Å². The van der Waals surface area contributed by atoms with Crippen molar-refractivity contribution in [1.29, 1.82) is 0 Å². The summed E-state index contributed by atoms with van der Waals surface area (Å²) in [6, 6.07) is 24.9. The predicted octanol–water partition coefficient (Wildman–Crippen LogP) is 4.37. The number of anilines is 1. The number of fused-ring (bicyclic) bond motifs is 1. The molecule has 3 atom stereocenters. The van der Waals surface area contributed by atoms with Crippen molar-refractivity contribution in [2.45, 2.75) is 16.4 Å². The average Bonchev–Trinajstić information content (AvgIpc) is 3.04. The highest BCUT2D eigenvalue weighted by Crippen LogP contribution is 2.39. The van der Waals surface area contributed by atoms with E-state index in [1.807, 2.05) is 78.9 Å². The zero-order valence-electron chi connectivity index (χ0n) is 14.3. The van der Waals surface area contributed by atoms with Crippen LogP contribution in [0.25, 0.3) is 0 Å². The number of methoxy groups -OCH3 is 1. The first-order chi connectivity index (χ1) is 12.8. The lowest BCUT2D eigenvalue weighted by Crippen LogP contribution is -2.31. The second-order valence-electron chi connectivity index (χ2n) is 5.99. The molecule has 0 amide bonds. The van der Waals surface area contributed by atoms with Gasteiger partial charge in [0, 0.05) is 5.69 Å². The summed E-state index contributed by atoms with van der Waals surface area (Å²) in [7, 11) is 0.386. The van der Waals surface area contributed by atoms with Gasteiger partial charge in [-0.15, -0.1) is 0 Å². The first-order valence-electron chi connectivity index (χ1n) is 8.38. The fourth-order valence-electron chi connectivity index (χ4n) is 3.04. The standard InChI is InChI=1S/C21H19NO3S/c1-24-17-13-11-16(12-14-17)22-20(15-7-3-2-4-8-15)21-25-18-9-5-6-10-19(18)26(21)23/h2-14,20-22H,1H3/t20-,21-,26-/m0/s1. The Bertz CT molecular complexity index is 912. The van der Waals surface area contributed by atoms with E-state index in [1.165, 1.54) is 0 Å². The minimum Gasteiger partial charge on any atom is -0.497 e. The number of nitrogens with one attached hydrogen (secondary N) is 1. The molecule has 1 heterocycles. The van der Waals surface area contributed by atoms with E-state index < -0.39 is 16.2 Å². The van der Waals surface area contributed by atoms with E-state index >= 15 is 0 Å². The van der Waals surface area contributed by atoms with Crippen molar-refractivity contribution >= 4 is 16.5 Å². The second-order valence-corrected chi connectivity index (χ2v) is 7.49. The maximum atomic E-state index is 13.0. The third-order valence-electron chi connectivity index (χ3n) is 4.36. The minimum atomic E-state index is -1.26. The van der Waals surface area contributed by atoms with Gasteiger partial charge < -0.3 is 14.8 Å². The van der Waals surface area contributed by atoms with E-state index in [0.717, 1.165) is 21.9 Å². The molecule has 26 heavy (non-hydrogen) atoms. The largest absolute Gasteiger partial charge is 0.497 e. The molecule has 0 bridgehead atoms. The summed E-state index contributed by atoms with van der Waals surface area (Å²) in [6.45, 7) is 0. The van der Waals surface area contributed by atoms with Crippen LogP contribution in [0.15, 0.2) is 83.8 Å². The number of rotatable bonds is 5. The maximum absolute atomic E-state index is 13.0. The van der Waals surface area contributed by atoms with Crippen LogP contribution in [0.5, 0.6) is 11.5 Å². The molecule has 4 nitrogen and oxygen atoms in total. The molecule has 0 radical (unpaired) electrons. The van der Waals surface area contributed by atoms with Gasteiger partial charge in [-0.25, -0.2) is 0 Å². The Kier molecular flexibility index (Phi) is 4.63. The number of benzene rings is 3. The van der Waals surface area contributed by atoms with E-state index in [-0.39, 0.29) is 6.04 Å². The van der Waals surface area contributed by atoms with Gasteiger partial charge in [-0.2, -0.15) is 0 Å². The highest BCUT2D eigenvalue weighted by atomic mass is 32.2. The van der Waals surface area contributed by atoms with Crippen LogP contribution in [0.4, 0.5) is 5.69 Å². The van der Waals surface area contributed by atoms with Crippen molar-refractivity contribution in [2.75, 3.05) is 12.4 Å². The molecule has 4 rings (SSSR count). The molecular weight excluding hydrogens is 346 g/mol. The van der Waals surface area contributed by atoms with Gasteiger partial charge in [-0.3, -0.25) is 4.21 Å². The van der Waals surface area contributed by atoms with E-state index in [9.17, 15) is 4.21 Å². The molecule has 1 aliphatic rings. The van der Waals surface area contributed by atoms with Crippen LogP contribution in [-0.2, 0) is 10.8 Å².